The number of hydrogen-bond donors (Lipinski definition) is 8. The van der Waals surface area contributed by atoms with Gasteiger partial charge in [-0.25, -0.2) is 9.59 Å². The Morgan fingerprint density at radius 1 is 0.473 bits per heavy atom. The maximum atomic E-state index is 12.4. The SMILES string of the molecule is O=c1nc(Nc2ccccc2)[nH]c(Nc2ccc(C=Cc3ccc(Nc4nc(=O)nc(Nc5ccccc5)[nH]4)cc3S(=O)(=O)O)c(S(=O)(=O)O)c2)n1.[Na+].[Na+].[Na+]. The molecule has 0 amide bonds. The third-order valence-electron chi connectivity index (χ3n) is 6.93. The van der Waals surface area contributed by atoms with Crippen LogP contribution in [0.5, 0.6) is 0 Å². The molecule has 0 aliphatic heterocycles. The summed E-state index contributed by atoms with van der Waals surface area (Å²) in [7, 11) is -9.70. The summed E-state index contributed by atoms with van der Waals surface area (Å²) in [5.41, 5.74) is -0.355. The standard InChI is InChI=1S/C32H26N10O8S2.3Na/c43-31-39-27(33-21-7-3-1-4-8-21)37-29(41-31)35-23-15-13-19(25(17-23)51(45,46)47)11-12-20-14-16-24(18-26(20)52(48,49)50)36-30-38-28(40-32(44)42-30)34-22-9-5-2-6-10-22;;;/h1-18H,(H,45,46,47)(H,48,49,50)(H3,33,35,37,39,41,43)(H3,34,36,38,40,42,44);;;/q;3*+1. The van der Waals surface area contributed by atoms with Gasteiger partial charge >= 0.3 is 100 Å². The van der Waals surface area contributed by atoms with Crippen molar-refractivity contribution in [3.63, 3.8) is 0 Å². The molecule has 0 atom stereocenters. The van der Waals surface area contributed by atoms with Crippen LogP contribution in [0, 0.1) is 0 Å². The smallest absolute Gasteiger partial charge is 0.326 e. The zero-order chi connectivity index (χ0) is 36.9. The third-order valence-corrected chi connectivity index (χ3v) is 8.75. The quantitative estimate of drug-likeness (QED) is 0.0328. The fourth-order valence-corrected chi connectivity index (χ4v) is 6.14. The Morgan fingerprint density at radius 2 is 0.782 bits per heavy atom. The molecule has 18 nitrogen and oxygen atoms in total. The van der Waals surface area contributed by atoms with Gasteiger partial charge in [-0.05, 0) is 59.7 Å². The molecule has 0 aliphatic carbocycles. The van der Waals surface area contributed by atoms with Gasteiger partial charge in [0.1, 0.15) is 9.79 Å². The predicted octanol–water partition coefficient (Wildman–Crippen LogP) is -4.71. The van der Waals surface area contributed by atoms with E-state index in [1.807, 2.05) is 12.1 Å². The van der Waals surface area contributed by atoms with Gasteiger partial charge in [-0.15, -0.1) is 0 Å². The Bertz CT molecular complexity index is 2470. The van der Waals surface area contributed by atoms with Crippen LogP contribution in [0.25, 0.3) is 12.2 Å². The number of hydrogen-bond acceptors (Lipinski definition) is 14. The van der Waals surface area contributed by atoms with Gasteiger partial charge in [-0.1, -0.05) is 60.7 Å². The van der Waals surface area contributed by atoms with Gasteiger partial charge in [-0.2, -0.15) is 36.8 Å². The molecule has 0 spiro atoms. The van der Waals surface area contributed by atoms with Crippen molar-refractivity contribution in [1.82, 2.24) is 29.9 Å². The third kappa shape index (κ3) is 12.9. The number of nitrogens with zero attached hydrogens (tertiary/aromatic N) is 4. The number of aromatic amines is 2. The summed E-state index contributed by atoms with van der Waals surface area (Å²) >= 11 is 0. The number of benzene rings is 4. The van der Waals surface area contributed by atoms with Crippen LogP contribution in [0.1, 0.15) is 11.1 Å². The molecule has 23 heteroatoms. The number of para-hydroxylation sites is 2. The van der Waals surface area contributed by atoms with E-state index < -0.39 is 41.4 Å². The minimum absolute atomic E-state index is 0. The maximum absolute atomic E-state index is 12.4. The topological polar surface area (TPSA) is 274 Å². The van der Waals surface area contributed by atoms with E-state index in [2.05, 4.69) is 51.2 Å². The normalized spacial score (nSPS) is 11.0. The summed E-state index contributed by atoms with van der Waals surface area (Å²) in [6, 6.07) is 25.3. The molecular weight excluding hydrogens is 786 g/mol. The molecule has 0 radical (unpaired) electrons. The first-order valence-corrected chi connectivity index (χ1v) is 17.7. The number of nitrogens with one attached hydrogen (secondary N) is 6. The zero-order valence-electron chi connectivity index (χ0n) is 29.3. The van der Waals surface area contributed by atoms with E-state index in [9.17, 15) is 35.5 Å². The second-order valence-electron chi connectivity index (χ2n) is 10.7. The predicted molar refractivity (Wildman–Crippen MR) is 193 cm³/mol. The Kier molecular flexibility index (Phi) is 16.5. The molecule has 0 saturated carbocycles. The van der Waals surface area contributed by atoms with Crippen molar-refractivity contribution in [3.8, 4) is 0 Å². The molecule has 0 fully saturated rings. The van der Waals surface area contributed by atoms with E-state index in [0.29, 0.717) is 11.4 Å². The molecule has 2 heterocycles. The van der Waals surface area contributed by atoms with E-state index in [1.165, 1.54) is 36.4 Å². The molecule has 6 rings (SSSR count). The van der Waals surface area contributed by atoms with Crippen LogP contribution in [0.3, 0.4) is 0 Å². The van der Waals surface area contributed by atoms with Gasteiger partial charge in [0.2, 0.25) is 23.8 Å². The summed E-state index contributed by atoms with van der Waals surface area (Å²) in [6.45, 7) is 0. The average molecular weight is 812 g/mol. The van der Waals surface area contributed by atoms with Crippen molar-refractivity contribution >= 4 is 78.9 Å². The van der Waals surface area contributed by atoms with Gasteiger partial charge in [0.15, 0.2) is 0 Å². The van der Waals surface area contributed by atoms with Crippen LogP contribution in [0.15, 0.2) is 116 Å². The van der Waals surface area contributed by atoms with Crippen LogP contribution in [-0.2, 0) is 20.2 Å². The monoisotopic (exact) mass is 811 g/mol. The molecule has 2 aromatic heterocycles. The first-order valence-electron chi connectivity index (χ1n) is 14.8. The Morgan fingerprint density at radius 3 is 1.09 bits per heavy atom. The molecule has 55 heavy (non-hydrogen) atoms. The summed E-state index contributed by atoms with van der Waals surface area (Å²) < 4.78 is 69.6. The first kappa shape index (κ1) is 45.6. The van der Waals surface area contributed by atoms with Gasteiger partial charge in [0, 0.05) is 22.7 Å². The summed E-state index contributed by atoms with van der Waals surface area (Å²) in [5.74, 6) is -0.0861. The number of rotatable bonds is 12. The number of aromatic nitrogens is 6. The Labute approximate surface area is 379 Å². The molecule has 4 aromatic carbocycles. The molecule has 8 N–H and O–H groups in total. The second-order valence-corrected chi connectivity index (χ2v) is 13.5. The van der Waals surface area contributed by atoms with Crippen molar-refractivity contribution in [2.75, 3.05) is 21.3 Å². The molecule has 264 valence electrons. The largest absolute Gasteiger partial charge is 1.00 e. The van der Waals surface area contributed by atoms with Crippen molar-refractivity contribution in [2.45, 2.75) is 9.79 Å². The Balaban J connectivity index is 0.00000271. The summed E-state index contributed by atoms with van der Waals surface area (Å²) in [6.07, 6.45) is 2.42. The number of H-pyrrole nitrogens is 2. The number of anilines is 8. The molecule has 0 aliphatic rings. The fraction of sp³-hybridized carbons (Fsp3) is 0. The van der Waals surface area contributed by atoms with Gasteiger partial charge < -0.3 is 21.3 Å². The summed E-state index contributed by atoms with van der Waals surface area (Å²) in [5, 5.41) is 11.3. The van der Waals surface area contributed by atoms with Crippen molar-refractivity contribution < 1.29 is 115 Å². The van der Waals surface area contributed by atoms with Crippen LogP contribution in [0.2, 0.25) is 0 Å². The maximum Gasteiger partial charge on any atom is 1.00 e. The molecular formula is C32H26N10Na3O8S2+3. The molecule has 0 bridgehead atoms. The average Bonchev–Trinajstić information content (AvgIpc) is 3.07. The minimum Gasteiger partial charge on any atom is -0.326 e. The van der Waals surface area contributed by atoms with Gasteiger partial charge in [0.25, 0.3) is 20.2 Å². The van der Waals surface area contributed by atoms with E-state index in [0.717, 1.165) is 12.1 Å². The van der Waals surface area contributed by atoms with Gasteiger partial charge in [-0.3, -0.25) is 19.1 Å². The first-order chi connectivity index (χ1) is 24.8. The van der Waals surface area contributed by atoms with Crippen LogP contribution >= 0.6 is 0 Å². The summed E-state index contributed by atoms with van der Waals surface area (Å²) in [4.78, 5) is 43.7. The van der Waals surface area contributed by atoms with Crippen LogP contribution in [-0.4, -0.2) is 55.8 Å². The second kappa shape index (κ2) is 19.9. The van der Waals surface area contributed by atoms with Crippen molar-refractivity contribution in [1.29, 1.82) is 0 Å². The Hall–Kier alpha value is -3.74. The zero-order valence-corrected chi connectivity index (χ0v) is 37.0. The molecule has 0 unspecified atom stereocenters. The van der Waals surface area contributed by atoms with E-state index in [-0.39, 0.29) is 135 Å². The minimum atomic E-state index is -4.85. The van der Waals surface area contributed by atoms with E-state index >= 15 is 0 Å². The van der Waals surface area contributed by atoms with E-state index in [4.69, 9.17) is 0 Å². The van der Waals surface area contributed by atoms with Gasteiger partial charge in [0.05, 0.1) is 0 Å². The van der Waals surface area contributed by atoms with Crippen molar-refractivity contribution in [3.05, 3.63) is 129 Å². The molecule has 0 saturated heterocycles. The van der Waals surface area contributed by atoms with Crippen LogP contribution < -0.4 is 121 Å². The van der Waals surface area contributed by atoms with Crippen molar-refractivity contribution in [2.24, 2.45) is 0 Å². The molecule has 6 aromatic rings. The van der Waals surface area contributed by atoms with Crippen LogP contribution in [0.4, 0.5) is 46.5 Å². The van der Waals surface area contributed by atoms with E-state index in [1.54, 1.807) is 48.5 Å². The fourth-order valence-electron chi connectivity index (χ4n) is 4.72.